The van der Waals surface area contributed by atoms with Gasteiger partial charge < -0.3 is 4.74 Å². The van der Waals surface area contributed by atoms with Crippen LogP contribution in [0.5, 0.6) is 0 Å². The molecule has 0 aliphatic heterocycles. The van der Waals surface area contributed by atoms with Gasteiger partial charge in [-0.1, -0.05) is 36.4 Å². The Morgan fingerprint density at radius 1 is 1.29 bits per heavy atom. The quantitative estimate of drug-likeness (QED) is 0.537. The van der Waals surface area contributed by atoms with E-state index >= 15 is 0 Å². The van der Waals surface area contributed by atoms with Gasteiger partial charge in [-0.15, -0.1) is 10.2 Å². The van der Waals surface area contributed by atoms with E-state index in [9.17, 15) is 4.79 Å². The molecule has 2 heterocycles. The third-order valence-corrected chi connectivity index (χ3v) is 3.85. The standard InChI is InChI=1S/C17H15ClN4O2/c1-4-9-24-17(23)15-11(3)22-16(20-19-15)14(10(2)21-22)12-5-7-13(18)8-6-12/h4-8H,1,9H2,2-3H3. The van der Waals surface area contributed by atoms with Crippen molar-refractivity contribution in [2.24, 2.45) is 0 Å². The highest BCUT2D eigenvalue weighted by molar-refractivity contribution is 6.30. The lowest BCUT2D eigenvalue weighted by molar-refractivity contribution is 0.0539. The second-order valence-electron chi connectivity index (χ2n) is 5.22. The van der Waals surface area contributed by atoms with Crippen molar-refractivity contribution in [3.05, 3.63) is 59.0 Å². The van der Waals surface area contributed by atoms with Gasteiger partial charge in [-0.2, -0.15) is 5.10 Å². The zero-order chi connectivity index (χ0) is 17.3. The molecule has 7 heteroatoms. The number of hydrogen-bond acceptors (Lipinski definition) is 5. The van der Waals surface area contributed by atoms with E-state index < -0.39 is 5.97 Å². The molecule has 0 unspecified atom stereocenters. The highest BCUT2D eigenvalue weighted by Gasteiger charge is 2.20. The van der Waals surface area contributed by atoms with Crippen molar-refractivity contribution in [1.29, 1.82) is 0 Å². The Kier molecular flexibility index (Phi) is 4.31. The van der Waals surface area contributed by atoms with E-state index in [2.05, 4.69) is 21.9 Å². The summed E-state index contributed by atoms with van der Waals surface area (Å²) < 4.78 is 6.63. The van der Waals surface area contributed by atoms with Crippen molar-refractivity contribution in [1.82, 2.24) is 19.8 Å². The second-order valence-corrected chi connectivity index (χ2v) is 5.66. The summed E-state index contributed by atoms with van der Waals surface area (Å²) in [4.78, 5) is 12.0. The van der Waals surface area contributed by atoms with Gasteiger partial charge in [-0.05, 0) is 31.5 Å². The van der Waals surface area contributed by atoms with Gasteiger partial charge in [0.25, 0.3) is 0 Å². The van der Waals surface area contributed by atoms with Gasteiger partial charge in [0.1, 0.15) is 6.61 Å². The van der Waals surface area contributed by atoms with Crippen LogP contribution in [0.1, 0.15) is 21.9 Å². The van der Waals surface area contributed by atoms with Crippen LogP contribution in [0.4, 0.5) is 0 Å². The van der Waals surface area contributed by atoms with Crippen molar-refractivity contribution in [2.75, 3.05) is 6.61 Å². The summed E-state index contributed by atoms with van der Waals surface area (Å²) in [6.07, 6.45) is 1.50. The van der Waals surface area contributed by atoms with Crippen LogP contribution in [0.25, 0.3) is 16.8 Å². The number of rotatable bonds is 4. The number of aromatic nitrogens is 4. The minimum absolute atomic E-state index is 0.117. The smallest absolute Gasteiger partial charge is 0.361 e. The zero-order valence-corrected chi connectivity index (χ0v) is 14.0. The molecule has 1 aromatic carbocycles. The van der Waals surface area contributed by atoms with Gasteiger partial charge in [0.2, 0.25) is 0 Å². The first kappa shape index (κ1) is 16.1. The molecule has 0 aliphatic rings. The first-order valence-corrected chi connectivity index (χ1v) is 7.67. The van der Waals surface area contributed by atoms with Crippen LogP contribution < -0.4 is 0 Å². The number of nitrogens with zero attached hydrogens (tertiary/aromatic N) is 4. The lowest BCUT2D eigenvalue weighted by Gasteiger charge is -2.06. The summed E-state index contributed by atoms with van der Waals surface area (Å²) in [6.45, 7) is 7.27. The Hall–Kier alpha value is -2.73. The number of carbonyl (C=O) groups is 1. The molecule has 0 saturated carbocycles. The summed E-state index contributed by atoms with van der Waals surface area (Å²) in [6, 6.07) is 7.41. The molecule has 24 heavy (non-hydrogen) atoms. The Labute approximate surface area is 143 Å². The lowest BCUT2D eigenvalue weighted by Crippen LogP contribution is -2.14. The van der Waals surface area contributed by atoms with E-state index in [1.54, 1.807) is 23.6 Å². The van der Waals surface area contributed by atoms with Gasteiger partial charge in [0.15, 0.2) is 11.3 Å². The molecule has 0 radical (unpaired) electrons. The summed E-state index contributed by atoms with van der Waals surface area (Å²) in [5.74, 6) is -0.553. The lowest BCUT2D eigenvalue weighted by atomic mass is 10.1. The number of halogens is 1. The number of esters is 1. The van der Waals surface area contributed by atoms with Crippen molar-refractivity contribution >= 4 is 23.2 Å². The summed E-state index contributed by atoms with van der Waals surface area (Å²) in [5.41, 5.74) is 3.85. The van der Waals surface area contributed by atoms with E-state index in [0.29, 0.717) is 16.4 Å². The third-order valence-electron chi connectivity index (χ3n) is 3.60. The fourth-order valence-corrected chi connectivity index (χ4v) is 2.58. The number of fused-ring (bicyclic) bond motifs is 1. The van der Waals surface area contributed by atoms with Gasteiger partial charge in [0.05, 0.1) is 17.0 Å². The minimum Gasteiger partial charge on any atom is -0.457 e. The normalized spacial score (nSPS) is 10.8. The molecular formula is C17H15ClN4O2. The van der Waals surface area contributed by atoms with E-state index in [-0.39, 0.29) is 12.3 Å². The monoisotopic (exact) mass is 342 g/mol. The fourth-order valence-electron chi connectivity index (χ4n) is 2.46. The molecule has 0 spiro atoms. The number of benzene rings is 1. The van der Waals surface area contributed by atoms with Gasteiger partial charge in [0, 0.05) is 5.02 Å². The first-order valence-electron chi connectivity index (χ1n) is 7.29. The maximum Gasteiger partial charge on any atom is 0.361 e. The van der Waals surface area contributed by atoms with Gasteiger partial charge in [-0.3, -0.25) is 0 Å². The molecule has 0 fully saturated rings. The van der Waals surface area contributed by atoms with Crippen molar-refractivity contribution in [3.63, 3.8) is 0 Å². The van der Waals surface area contributed by atoms with Crippen LogP contribution in [0.15, 0.2) is 36.9 Å². The largest absolute Gasteiger partial charge is 0.457 e. The van der Waals surface area contributed by atoms with E-state index in [1.165, 1.54) is 6.08 Å². The van der Waals surface area contributed by atoms with E-state index in [4.69, 9.17) is 16.3 Å². The predicted octanol–water partition coefficient (Wildman–Crippen LogP) is 3.40. The average Bonchev–Trinajstić information content (AvgIpc) is 2.91. The third kappa shape index (κ3) is 2.76. The number of carbonyl (C=O) groups excluding carboxylic acids is 1. The molecule has 3 rings (SSSR count). The molecule has 3 aromatic rings. The Morgan fingerprint density at radius 2 is 2.00 bits per heavy atom. The molecule has 122 valence electrons. The summed E-state index contributed by atoms with van der Waals surface area (Å²) in [7, 11) is 0. The van der Waals surface area contributed by atoms with Crippen LogP contribution >= 0.6 is 11.6 Å². The summed E-state index contributed by atoms with van der Waals surface area (Å²) in [5, 5.41) is 13.4. The van der Waals surface area contributed by atoms with Gasteiger partial charge >= 0.3 is 5.97 Å². The SMILES string of the molecule is C=CCOC(=O)c1nnc2c(-c3ccc(Cl)cc3)c(C)nn2c1C. The van der Waals surface area contributed by atoms with Crippen LogP contribution in [-0.2, 0) is 4.74 Å². The molecule has 0 bridgehead atoms. The molecule has 0 amide bonds. The predicted molar refractivity (Wildman–Crippen MR) is 91.2 cm³/mol. The van der Waals surface area contributed by atoms with E-state index in [1.807, 2.05) is 19.1 Å². The van der Waals surface area contributed by atoms with Crippen molar-refractivity contribution in [2.45, 2.75) is 13.8 Å². The number of ether oxygens (including phenoxy) is 1. The highest BCUT2D eigenvalue weighted by Crippen LogP contribution is 2.28. The van der Waals surface area contributed by atoms with Crippen molar-refractivity contribution in [3.8, 4) is 11.1 Å². The maximum atomic E-state index is 12.0. The second kappa shape index (κ2) is 6.41. The number of aryl methyl sites for hydroxylation is 2. The fraction of sp³-hybridized carbons (Fsp3) is 0.176. The first-order chi connectivity index (χ1) is 11.5. The molecule has 0 N–H and O–H groups in total. The van der Waals surface area contributed by atoms with Crippen LogP contribution in [0.2, 0.25) is 5.02 Å². The van der Waals surface area contributed by atoms with E-state index in [0.717, 1.165) is 16.8 Å². The Morgan fingerprint density at radius 3 is 2.67 bits per heavy atom. The zero-order valence-electron chi connectivity index (χ0n) is 13.3. The van der Waals surface area contributed by atoms with Crippen LogP contribution in [0.3, 0.4) is 0 Å². The molecule has 2 aromatic heterocycles. The van der Waals surface area contributed by atoms with Gasteiger partial charge in [-0.25, -0.2) is 9.31 Å². The molecule has 6 nitrogen and oxygen atoms in total. The van der Waals surface area contributed by atoms with Crippen LogP contribution in [-0.4, -0.2) is 32.4 Å². The molecule has 0 atom stereocenters. The topological polar surface area (TPSA) is 69.4 Å². The molecular weight excluding hydrogens is 328 g/mol. The Bertz CT molecular complexity index is 932. The van der Waals surface area contributed by atoms with Crippen LogP contribution in [0, 0.1) is 13.8 Å². The highest BCUT2D eigenvalue weighted by atomic mass is 35.5. The molecule has 0 aliphatic carbocycles. The Balaban J connectivity index is 2.13. The number of hydrogen-bond donors (Lipinski definition) is 0. The summed E-state index contributed by atoms with van der Waals surface area (Å²) >= 11 is 5.95. The minimum atomic E-state index is -0.553. The maximum absolute atomic E-state index is 12.0. The average molecular weight is 343 g/mol. The van der Waals surface area contributed by atoms with Crippen molar-refractivity contribution < 1.29 is 9.53 Å². The molecule has 0 saturated heterocycles.